The van der Waals surface area contributed by atoms with Gasteiger partial charge in [-0.15, -0.1) is 5.10 Å². The lowest BCUT2D eigenvalue weighted by atomic mass is 9.79. The number of ether oxygens (including phenoxy) is 2. The Morgan fingerprint density at radius 1 is 1.03 bits per heavy atom. The van der Waals surface area contributed by atoms with Gasteiger partial charge in [0.2, 0.25) is 11.6 Å². The molecule has 2 heterocycles. The van der Waals surface area contributed by atoms with Gasteiger partial charge in [0.15, 0.2) is 0 Å². The molecule has 2 aromatic carbocycles. The zero-order valence-corrected chi connectivity index (χ0v) is 19.3. The Hall–Kier alpha value is -3.26. The second kappa shape index (κ2) is 7.41. The highest BCUT2D eigenvalue weighted by Crippen LogP contribution is 2.48. The molecule has 5 rings (SSSR count). The fourth-order valence-corrected chi connectivity index (χ4v) is 4.77. The number of alkyl halides is 1. The summed E-state index contributed by atoms with van der Waals surface area (Å²) >= 11 is 3.72. The Morgan fingerprint density at radius 3 is 2.41 bits per heavy atom. The van der Waals surface area contributed by atoms with Gasteiger partial charge in [0.05, 0.1) is 23.7 Å². The van der Waals surface area contributed by atoms with Crippen molar-refractivity contribution in [1.82, 2.24) is 15.0 Å². The number of benzene rings is 2. The number of carbonyl (C=O) groups excluding carboxylic acids is 2. The maximum atomic E-state index is 13.2. The van der Waals surface area contributed by atoms with E-state index in [1.54, 1.807) is 36.2 Å². The van der Waals surface area contributed by atoms with Crippen LogP contribution in [0.15, 0.2) is 60.3 Å². The number of allylic oxidation sites excluding steroid dienone is 1. The normalized spacial score (nSPS) is 21.6. The molecular formula is C24H20BrN3O4. The van der Waals surface area contributed by atoms with E-state index in [0.29, 0.717) is 28.2 Å². The van der Waals surface area contributed by atoms with Crippen LogP contribution in [0.1, 0.15) is 35.8 Å². The summed E-state index contributed by atoms with van der Waals surface area (Å²) in [6.45, 7) is 3.88. The quantitative estimate of drug-likeness (QED) is 0.400. The van der Waals surface area contributed by atoms with E-state index in [-0.39, 0.29) is 4.83 Å². The maximum absolute atomic E-state index is 13.2. The first kappa shape index (κ1) is 20.6. The molecule has 0 amide bonds. The number of methoxy groups -OCH3 is 1. The molecule has 3 aromatic rings. The number of ketones is 2. The number of Topliss-reactive ketones (excluding diaryl/α,β-unsaturated/α-hetero) is 2. The van der Waals surface area contributed by atoms with Crippen LogP contribution in [0.25, 0.3) is 17.0 Å². The minimum Gasteiger partial charge on any atom is -0.497 e. The van der Waals surface area contributed by atoms with Crippen molar-refractivity contribution in [2.24, 2.45) is 0 Å². The molecule has 0 spiro atoms. The second-order valence-electron chi connectivity index (χ2n) is 8.31. The van der Waals surface area contributed by atoms with Crippen molar-refractivity contribution < 1.29 is 19.1 Å². The van der Waals surface area contributed by atoms with Crippen LogP contribution in [0.4, 0.5) is 0 Å². The highest BCUT2D eigenvalue weighted by molar-refractivity contribution is 9.09. The van der Waals surface area contributed by atoms with Crippen LogP contribution >= 0.6 is 15.9 Å². The number of halogens is 1. The van der Waals surface area contributed by atoms with Crippen LogP contribution in [0, 0.1) is 0 Å². The van der Waals surface area contributed by atoms with Gasteiger partial charge in [0, 0.05) is 16.7 Å². The summed E-state index contributed by atoms with van der Waals surface area (Å²) in [5, 5.41) is 8.65. The van der Waals surface area contributed by atoms with E-state index in [1.807, 2.05) is 44.2 Å². The predicted octanol–water partition coefficient (Wildman–Crippen LogP) is 4.24. The molecule has 0 unspecified atom stereocenters. The molecule has 0 saturated carbocycles. The number of hydrogen-bond donors (Lipinski definition) is 0. The number of fused-ring (bicyclic) bond motifs is 2. The molecular weight excluding hydrogens is 474 g/mol. The number of rotatable bonds is 3. The molecule has 0 fully saturated rings. The van der Waals surface area contributed by atoms with Crippen LogP contribution in [0.3, 0.4) is 0 Å². The number of nitrogens with zero attached hydrogens (tertiary/aromatic N) is 3. The molecule has 1 aliphatic heterocycles. The molecule has 0 saturated heterocycles. The third-order valence-electron chi connectivity index (χ3n) is 5.90. The third-order valence-corrected chi connectivity index (χ3v) is 7.50. The van der Waals surface area contributed by atoms with Crippen molar-refractivity contribution in [1.29, 1.82) is 0 Å². The summed E-state index contributed by atoms with van der Waals surface area (Å²) in [6, 6.07) is 13.9. The topological polar surface area (TPSA) is 83.3 Å². The van der Waals surface area contributed by atoms with Crippen LogP contribution in [-0.2, 0) is 9.53 Å². The number of hydrogen-bond acceptors (Lipinski definition) is 6. The van der Waals surface area contributed by atoms with Gasteiger partial charge < -0.3 is 9.47 Å². The lowest BCUT2D eigenvalue weighted by Crippen LogP contribution is -2.48. The van der Waals surface area contributed by atoms with Gasteiger partial charge in [-0.25, -0.2) is 4.68 Å². The lowest BCUT2D eigenvalue weighted by Gasteiger charge is -2.44. The van der Waals surface area contributed by atoms with E-state index >= 15 is 0 Å². The highest BCUT2D eigenvalue weighted by atomic mass is 79.9. The molecule has 2 atom stereocenters. The van der Waals surface area contributed by atoms with Gasteiger partial charge in [-0.3, -0.25) is 9.59 Å². The predicted molar refractivity (Wildman–Crippen MR) is 122 cm³/mol. The Kier molecular flexibility index (Phi) is 4.78. The van der Waals surface area contributed by atoms with Gasteiger partial charge in [-0.05, 0) is 38.1 Å². The average Bonchev–Trinajstić information content (AvgIpc) is 3.28. The van der Waals surface area contributed by atoms with E-state index in [1.165, 1.54) is 0 Å². The molecule has 7 nitrogen and oxygen atoms in total. The van der Waals surface area contributed by atoms with E-state index in [4.69, 9.17) is 9.47 Å². The fourth-order valence-electron chi connectivity index (χ4n) is 4.17. The first-order valence-corrected chi connectivity index (χ1v) is 11.1. The SMILES string of the molecule is COc1ccc(-c2cn([C@H]3C4=C(OC(C)(C)[C@@H]3Br)c3ccccc3C(=O)C4=O)nn2)cc1. The molecule has 0 N–H and O–H groups in total. The molecule has 8 heteroatoms. The molecule has 2 aliphatic rings. The highest BCUT2D eigenvalue weighted by Gasteiger charge is 2.51. The van der Waals surface area contributed by atoms with Crippen LogP contribution in [0.5, 0.6) is 5.75 Å². The number of aromatic nitrogens is 3. The minimum absolute atomic E-state index is 0.293. The van der Waals surface area contributed by atoms with E-state index in [9.17, 15) is 9.59 Å². The van der Waals surface area contributed by atoms with Gasteiger partial charge in [-0.2, -0.15) is 0 Å². The maximum Gasteiger partial charge on any atom is 0.235 e. The fraction of sp³-hybridized carbons (Fsp3) is 0.250. The van der Waals surface area contributed by atoms with Gasteiger partial charge in [0.25, 0.3) is 0 Å². The zero-order valence-electron chi connectivity index (χ0n) is 17.7. The van der Waals surface area contributed by atoms with Crippen molar-refractivity contribution in [3.8, 4) is 17.0 Å². The zero-order chi connectivity index (χ0) is 22.6. The van der Waals surface area contributed by atoms with Crippen LogP contribution in [-0.4, -0.2) is 44.1 Å². The minimum atomic E-state index is -0.677. The van der Waals surface area contributed by atoms with Crippen molar-refractivity contribution in [3.05, 3.63) is 71.4 Å². The van der Waals surface area contributed by atoms with Gasteiger partial charge >= 0.3 is 0 Å². The summed E-state index contributed by atoms with van der Waals surface area (Å²) in [5.41, 5.74) is 2.11. The third kappa shape index (κ3) is 3.09. The summed E-state index contributed by atoms with van der Waals surface area (Å²) in [7, 11) is 1.61. The Morgan fingerprint density at radius 2 is 1.72 bits per heavy atom. The van der Waals surface area contributed by atoms with Crippen molar-refractivity contribution in [3.63, 3.8) is 0 Å². The van der Waals surface area contributed by atoms with E-state index in [2.05, 4.69) is 26.2 Å². The number of carbonyl (C=O) groups is 2. The smallest absolute Gasteiger partial charge is 0.235 e. The summed E-state index contributed by atoms with van der Waals surface area (Å²) < 4.78 is 13.1. The Labute approximate surface area is 193 Å². The average molecular weight is 494 g/mol. The van der Waals surface area contributed by atoms with Crippen molar-refractivity contribution in [2.75, 3.05) is 7.11 Å². The van der Waals surface area contributed by atoms with Crippen molar-refractivity contribution >= 4 is 33.3 Å². The molecule has 0 radical (unpaired) electrons. The van der Waals surface area contributed by atoms with Crippen LogP contribution in [0.2, 0.25) is 0 Å². The summed E-state index contributed by atoms with van der Waals surface area (Å²) in [5.74, 6) is 0.0537. The standard InChI is InChI=1S/C24H20BrN3O4/c1-24(2)23(25)19(28-12-17(26-27-28)13-8-10-14(31-3)11-9-13)18-21(30)20(29)15-6-4-5-7-16(15)22(18)32-24/h4-12,19,23H,1-3H3/t19-,23+/m0/s1. The van der Waals surface area contributed by atoms with E-state index < -0.39 is 23.2 Å². The van der Waals surface area contributed by atoms with Crippen LogP contribution < -0.4 is 4.74 Å². The summed E-state index contributed by atoms with van der Waals surface area (Å²) in [4.78, 5) is 25.8. The summed E-state index contributed by atoms with van der Waals surface area (Å²) in [6.07, 6.45) is 1.78. The van der Waals surface area contributed by atoms with Crippen molar-refractivity contribution in [2.45, 2.75) is 30.3 Å². The molecule has 0 bridgehead atoms. The van der Waals surface area contributed by atoms with Gasteiger partial charge in [0.1, 0.15) is 28.8 Å². The largest absolute Gasteiger partial charge is 0.497 e. The molecule has 1 aliphatic carbocycles. The van der Waals surface area contributed by atoms with Gasteiger partial charge in [-0.1, -0.05) is 45.4 Å². The molecule has 162 valence electrons. The monoisotopic (exact) mass is 493 g/mol. The lowest BCUT2D eigenvalue weighted by molar-refractivity contribution is -0.113. The molecule has 1 aromatic heterocycles. The van der Waals surface area contributed by atoms with E-state index in [0.717, 1.165) is 11.3 Å². The molecule has 32 heavy (non-hydrogen) atoms. The second-order valence-corrected chi connectivity index (χ2v) is 9.30. The first-order chi connectivity index (χ1) is 15.3. The Bertz CT molecular complexity index is 1280. The Balaban J connectivity index is 1.65. The first-order valence-electron chi connectivity index (χ1n) is 10.1.